The second kappa shape index (κ2) is 4.40. The molecule has 0 spiro atoms. The molecule has 1 aromatic carbocycles. The highest BCUT2D eigenvalue weighted by atomic mass is 35.5. The SMILES string of the molecule is OCc1nc2ccccc2n1-c1ccc(Cl)cn1. The molecule has 0 amide bonds. The summed E-state index contributed by atoms with van der Waals surface area (Å²) in [6.07, 6.45) is 1.58. The topological polar surface area (TPSA) is 50.9 Å². The summed E-state index contributed by atoms with van der Waals surface area (Å²) in [4.78, 5) is 8.63. The molecule has 0 atom stereocenters. The Morgan fingerprint density at radius 3 is 2.72 bits per heavy atom. The number of nitrogens with zero attached hydrogens (tertiary/aromatic N) is 3. The second-order valence-electron chi connectivity index (χ2n) is 3.84. The zero-order valence-corrected chi connectivity index (χ0v) is 10.2. The number of para-hydroxylation sites is 2. The van der Waals surface area contributed by atoms with Crippen molar-refractivity contribution in [3.8, 4) is 5.82 Å². The maximum Gasteiger partial charge on any atom is 0.141 e. The Morgan fingerprint density at radius 2 is 2.00 bits per heavy atom. The Labute approximate surface area is 108 Å². The van der Waals surface area contributed by atoms with Gasteiger partial charge in [0.15, 0.2) is 0 Å². The van der Waals surface area contributed by atoms with Crippen LogP contribution in [0.3, 0.4) is 0 Å². The van der Waals surface area contributed by atoms with E-state index in [1.165, 1.54) is 0 Å². The van der Waals surface area contributed by atoms with E-state index < -0.39 is 0 Å². The summed E-state index contributed by atoms with van der Waals surface area (Å²) < 4.78 is 1.83. The summed E-state index contributed by atoms with van der Waals surface area (Å²) in [6.45, 7) is -0.140. The van der Waals surface area contributed by atoms with Crippen LogP contribution in [0.25, 0.3) is 16.9 Å². The minimum atomic E-state index is -0.140. The summed E-state index contributed by atoms with van der Waals surface area (Å²) in [7, 11) is 0. The summed E-state index contributed by atoms with van der Waals surface area (Å²) in [5.41, 5.74) is 1.75. The smallest absolute Gasteiger partial charge is 0.141 e. The van der Waals surface area contributed by atoms with Crippen LogP contribution in [-0.4, -0.2) is 19.6 Å². The number of aromatic nitrogens is 3. The molecule has 0 saturated carbocycles. The van der Waals surface area contributed by atoms with Gasteiger partial charge in [-0.2, -0.15) is 0 Å². The average Bonchev–Trinajstić information content (AvgIpc) is 2.78. The first-order chi connectivity index (χ1) is 8.79. The lowest BCUT2D eigenvalue weighted by molar-refractivity contribution is 0.270. The molecule has 3 rings (SSSR count). The number of imidazole rings is 1. The van der Waals surface area contributed by atoms with Crippen LogP contribution in [0, 0.1) is 0 Å². The summed E-state index contributed by atoms with van der Waals surface area (Å²) in [5, 5.41) is 9.98. The molecule has 2 aromatic heterocycles. The van der Waals surface area contributed by atoms with Crippen LogP contribution in [0.2, 0.25) is 5.02 Å². The van der Waals surface area contributed by atoms with E-state index in [2.05, 4.69) is 9.97 Å². The van der Waals surface area contributed by atoms with E-state index in [0.717, 1.165) is 11.0 Å². The Morgan fingerprint density at radius 1 is 1.17 bits per heavy atom. The van der Waals surface area contributed by atoms with E-state index in [0.29, 0.717) is 16.7 Å². The molecule has 5 heteroatoms. The fourth-order valence-electron chi connectivity index (χ4n) is 1.94. The maximum atomic E-state index is 9.40. The van der Waals surface area contributed by atoms with Gasteiger partial charge in [-0.05, 0) is 24.3 Å². The Hall–Kier alpha value is -1.91. The number of benzene rings is 1. The van der Waals surface area contributed by atoms with Gasteiger partial charge in [-0.3, -0.25) is 4.57 Å². The number of rotatable bonds is 2. The predicted molar refractivity (Wildman–Crippen MR) is 69.8 cm³/mol. The first-order valence-corrected chi connectivity index (χ1v) is 5.86. The molecule has 0 fully saturated rings. The highest BCUT2D eigenvalue weighted by Gasteiger charge is 2.11. The van der Waals surface area contributed by atoms with Gasteiger partial charge in [0, 0.05) is 6.20 Å². The number of aliphatic hydroxyl groups excluding tert-OH is 1. The van der Waals surface area contributed by atoms with Gasteiger partial charge in [0.1, 0.15) is 18.2 Å². The minimum absolute atomic E-state index is 0.140. The molecule has 0 radical (unpaired) electrons. The van der Waals surface area contributed by atoms with Crippen LogP contribution in [0.4, 0.5) is 0 Å². The van der Waals surface area contributed by atoms with Crippen LogP contribution in [0.1, 0.15) is 5.82 Å². The first kappa shape index (κ1) is 11.2. The van der Waals surface area contributed by atoms with Crippen LogP contribution in [0.15, 0.2) is 42.6 Å². The van der Waals surface area contributed by atoms with Crippen molar-refractivity contribution in [3.05, 3.63) is 53.4 Å². The van der Waals surface area contributed by atoms with E-state index >= 15 is 0 Å². The lowest BCUT2D eigenvalue weighted by atomic mass is 10.3. The normalized spacial score (nSPS) is 11.0. The average molecular weight is 260 g/mol. The highest BCUT2D eigenvalue weighted by molar-refractivity contribution is 6.30. The number of hydrogen-bond donors (Lipinski definition) is 1. The minimum Gasteiger partial charge on any atom is -0.388 e. The van der Waals surface area contributed by atoms with Gasteiger partial charge in [-0.25, -0.2) is 9.97 Å². The van der Waals surface area contributed by atoms with Gasteiger partial charge in [-0.1, -0.05) is 23.7 Å². The summed E-state index contributed by atoms with van der Waals surface area (Å²) in [6, 6.07) is 11.3. The number of fused-ring (bicyclic) bond motifs is 1. The number of aliphatic hydroxyl groups is 1. The third-order valence-electron chi connectivity index (χ3n) is 2.71. The molecule has 1 N–H and O–H groups in total. The van der Waals surface area contributed by atoms with Crippen molar-refractivity contribution < 1.29 is 5.11 Å². The van der Waals surface area contributed by atoms with Crippen LogP contribution < -0.4 is 0 Å². The molecule has 0 aliphatic carbocycles. The third kappa shape index (κ3) is 1.75. The summed E-state index contributed by atoms with van der Waals surface area (Å²) in [5.74, 6) is 1.25. The molecule has 18 heavy (non-hydrogen) atoms. The van der Waals surface area contributed by atoms with Gasteiger partial charge < -0.3 is 5.11 Å². The molecule has 0 saturated heterocycles. The monoisotopic (exact) mass is 259 g/mol. The molecule has 4 nitrogen and oxygen atoms in total. The van der Waals surface area contributed by atoms with Gasteiger partial charge in [-0.15, -0.1) is 0 Å². The fourth-order valence-corrected chi connectivity index (χ4v) is 2.05. The fraction of sp³-hybridized carbons (Fsp3) is 0.0769. The standard InChI is InChI=1S/C13H10ClN3O/c14-9-5-6-12(15-7-9)17-11-4-2-1-3-10(11)16-13(17)8-18/h1-7,18H,8H2. The van der Waals surface area contributed by atoms with Crippen LogP contribution in [0.5, 0.6) is 0 Å². The van der Waals surface area contributed by atoms with Gasteiger partial charge in [0.25, 0.3) is 0 Å². The largest absolute Gasteiger partial charge is 0.388 e. The Balaban J connectivity index is 2.29. The van der Waals surface area contributed by atoms with Crippen molar-refractivity contribution in [2.75, 3.05) is 0 Å². The van der Waals surface area contributed by atoms with E-state index in [-0.39, 0.29) is 6.61 Å². The van der Waals surface area contributed by atoms with E-state index in [1.54, 1.807) is 18.3 Å². The zero-order valence-electron chi connectivity index (χ0n) is 9.42. The maximum absolute atomic E-state index is 9.40. The van der Waals surface area contributed by atoms with Crippen molar-refractivity contribution >= 4 is 22.6 Å². The number of pyridine rings is 1. The molecule has 90 valence electrons. The van der Waals surface area contributed by atoms with Crippen molar-refractivity contribution in [2.45, 2.75) is 6.61 Å². The molecule has 0 aliphatic rings. The number of hydrogen-bond acceptors (Lipinski definition) is 3. The van der Waals surface area contributed by atoms with Gasteiger partial charge in [0.2, 0.25) is 0 Å². The lowest BCUT2D eigenvalue weighted by Crippen LogP contribution is -2.02. The highest BCUT2D eigenvalue weighted by Crippen LogP contribution is 2.21. The lowest BCUT2D eigenvalue weighted by Gasteiger charge is -2.06. The molecule has 3 aromatic rings. The molecule has 0 aliphatic heterocycles. The van der Waals surface area contributed by atoms with Crippen molar-refractivity contribution in [1.82, 2.24) is 14.5 Å². The van der Waals surface area contributed by atoms with Gasteiger partial charge in [0.05, 0.1) is 16.1 Å². The molecule has 0 bridgehead atoms. The van der Waals surface area contributed by atoms with Crippen molar-refractivity contribution in [3.63, 3.8) is 0 Å². The van der Waals surface area contributed by atoms with Crippen molar-refractivity contribution in [2.24, 2.45) is 0 Å². The second-order valence-corrected chi connectivity index (χ2v) is 4.28. The zero-order chi connectivity index (χ0) is 12.5. The Kier molecular flexibility index (Phi) is 2.74. The van der Waals surface area contributed by atoms with Crippen LogP contribution in [-0.2, 0) is 6.61 Å². The molecule has 2 heterocycles. The number of halogens is 1. The van der Waals surface area contributed by atoms with E-state index in [1.807, 2.05) is 28.8 Å². The van der Waals surface area contributed by atoms with Crippen molar-refractivity contribution in [1.29, 1.82) is 0 Å². The van der Waals surface area contributed by atoms with Crippen LogP contribution >= 0.6 is 11.6 Å². The summed E-state index contributed by atoms with van der Waals surface area (Å²) >= 11 is 5.83. The van der Waals surface area contributed by atoms with E-state index in [4.69, 9.17) is 11.6 Å². The van der Waals surface area contributed by atoms with Gasteiger partial charge >= 0.3 is 0 Å². The molecular weight excluding hydrogens is 250 g/mol. The first-order valence-electron chi connectivity index (χ1n) is 5.49. The quantitative estimate of drug-likeness (QED) is 0.770. The molecule has 0 unspecified atom stereocenters. The predicted octanol–water partition coefficient (Wildman–Crippen LogP) is 2.57. The Bertz CT molecular complexity index is 691. The van der Waals surface area contributed by atoms with E-state index in [9.17, 15) is 5.11 Å². The third-order valence-corrected chi connectivity index (χ3v) is 2.94. The molecular formula is C13H10ClN3O.